The monoisotopic (exact) mass is 294 g/mol. The molecule has 90 valence electrons. The first kappa shape index (κ1) is 12.4. The van der Waals surface area contributed by atoms with Crippen molar-refractivity contribution in [3.63, 3.8) is 0 Å². The van der Waals surface area contributed by atoms with Crippen molar-refractivity contribution in [3.8, 4) is 0 Å². The van der Waals surface area contributed by atoms with Crippen LogP contribution in [0.25, 0.3) is 0 Å². The van der Waals surface area contributed by atoms with Gasteiger partial charge in [-0.15, -0.1) is 0 Å². The molecule has 1 aromatic carbocycles. The normalized spacial score (nSPS) is 12.6. The summed E-state index contributed by atoms with van der Waals surface area (Å²) < 4.78 is 6.07. The second-order valence-corrected chi connectivity index (χ2v) is 4.88. The Balaban J connectivity index is 1.81. The molecule has 0 spiro atoms. The van der Waals surface area contributed by atoms with Crippen LogP contribution in [0.3, 0.4) is 0 Å². The fourth-order valence-corrected chi connectivity index (χ4v) is 2.28. The van der Waals surface area contributed by atoms with E-state index in [2.05, 4.69) is 28.1 Å². The molecule has 0 fully saturated rings. The minimum Gasteiger partial charge on any atom is -0.465 e. The topological polar surface area (TPSA) is 33.4 Å². The molecular weight excluding hydrogens is 280 g/mol. The molecule has 1 unspecified atom stereocenters. The molecule has 0 saturated heterocycles. The quantitative estimate of drug-likeness (QED) is 0.901. The van der Waals surface area contributed by atoms with E-state index in [0.717, 1.165) is 17.3 Å². The van der Waals surface area contributed by atoms with E-state index in [9.17, 15) is 5.11 Å². The smallest absolute Gasteiger partial charge is 0.146 e. The molecule has 0 aliphatic heterocycles. The molecule has 17 heavy (non-hydrogen) atoms. The fourth-order valence-electron chi connectivity index (χ4n) is 1.82. The third-order valence-corrected chi connectivity index (χ3v) is 3.39. The number of aliphatic hydroxyl groups excluding tert-OH is 1. The Morgan fingerprint density at radius 3 is 2.59 bits per heavy atom. The zero-order valence-electron chi connectivity index (χ0n) is 9.47. The maximum absolute atomic E-state index is 9.94. The van der Waals surface area contributed by atoms with Crippen molar-refractivity contribution in [2.75, 3.05) is 0 Å². The van der Waals surface area contributed by atoms with Gasteiger partial charge in [0.25, 0.3) is 0 Å². The molecule has 2 rings (SSSR count). The molecule has 0 aliphatic carbocycles. The predicted molar refractivity (Wildman–Crippen MR) is 70.7 cm³/mol. The van der Waals surface area contributed by atoms with Crippen molar-refractivity contribution in [1.82, 2.24) is 0 Å². The van der Waals surface area contributed by atoms with Crippen LogP contribution in [0.2, 0.25) is 0 Å². The molecule has 1 atom stereocenters. The van der Waals surface area contributed by atoms with Gasteiger partial charge in [0.15, 0.2) is 0 Å². The lowest BCUT2D eigenvalue weighted by Crippen LogP contribution is -1.97. The van der Waals surface area contributed by atoms with Crippen molar-refractivity contribution in [2.45, 2.75) is 25.4 Å². The zero-order valence-corrected chi connectivity index (χ0v) is 11.1. The molecule has 3 heteroatoms. The molecule has 0 bridgehead atoms. The number of furan rings is 1. The van der Waals surface area contributed by atoms with Crippen LogP contribution >= 0.6 is 15.9 Å². The summed E-state index contributed by atoms with van der Waals surface area (Å²) in [7, 11) is 0. The van der Waals surface area contributed by atoms with E-state index in [0.29, 0.717) is 12.2 Å². The summed E-state index contributed by atoms with van der Waals surface area (Å²) in [6.45, 7) is 0. The van der Waals surface area contributed by atoms with Gasteiger partial charge in [0.1, 0.15) is 11.9 Å². The SMILES string of the molecule is OC(CCCc1ccccc1)c1occc1Br. The highest BCUT2D eigenvalue weighted by molar-refractivity contribution is 9.10. The summed E-state index contributed by atoms with van der Waals surface area (Å²) in [6, 6.07) is 12.1. The van der Waals surface area contributed by atoms with Gasteiger partial charge in [0, 0.05) is 0 Å². The summed E-state index contributed by atoms with van der Waals surface area (Å²) in [4.78, 5) is 0. The van der Waals surface area contributed by atoms with E-state index in [1.165, 1.54) is 5.56 Å². The van der Waals surface area contributed by atoms with Crippen LogP contribution in [0.15, 0.2) is 51.6 Å². The van der Waals surface area contributed by atoms with Gasteiger partial charge in [-0.25, -0.2) is 0 Å². The minimum atomic E-state index is -0.525. The second kappa shape index (κ2) is 6.03. The van der Waals surface area contributed by atoms with Crippen LogP contribution in [-0.2, 0) is 6.42 Å². The van der Waals surface area contributed by atoms with Crippen molar-refractivity contribution >= 4 is 15.9 Å². The van der Waals surface area contributed by atoms with E-state index in [4.69, 9.17) is 4.42 Å². The largest absolute Gasteiger partial charge is 0.465 e. The highest BCUT2D eigenvalue weighted by atomic mass is 79.9. The second-order valence-electron chi connectivity index (χ2n) is 4.03. The Morgan fingerprint density at radius 1 is 1.18 bits per heavy atom. The summed E-state index contributed by atoms with van der Waals surface area (Å²) >= 11 is 3.35. The highest BCUT2D eigenvalue weighted by Gasteiger charge is 2.14. The lowest BCUT2D eigenvalue weighted by molar-refractivity contribution is 0.137. The maximum Gasteiger partial charge on any atom is 0.146 e. The maximum atomic E-state index is 9.94. The van der Waals surface area contributed by atoms with E-state index in [-0.39, 0.29) is 0 Å². The van der Waals surface area contributed by atoms with Crippen LogP contribution in [-0.4, -0.2) is 5.11 Å². The summed E-state index contributed by atoms with van der Waals surface area (Å²) in [6.07, 6.45) is 3.69. The van der Waals surface area contributed by atoms with E-state index in [1.807, 2.05) is 18.2 Å². The minimum absolute atomic E-state index is 0.525. The van der Waals surface area contributed by atoms with Crippen molar-refractivity contribution in [3.05, 3.63) is 58.5 Å². The molecule has 1 heterocycles. The standard InChI is InChI=1S/C14H15BrO2/c15-12-9-10-17-14(12)13(16)8-4-7-11-5-2-1-3-6-11/h1-3,5-6,9-10,13,16H,4,7-8H2. The number of aliphatic hydroxyl groups is 1. The first-order valence-corrected chi connectivity index (χ1v) is 6.51. The number of benzene rings is 1. The first-order valence-electron chi connectivity index (χ1n) is 5.72. The van der Waals surface area contributed by atoms with Crippen LogP contribution in [0.4, 0.5) is 0 Å². The third kappa shape index (κ3) is 3.45. The zero-order chi connectivity index (χ0) is 12.1. The Labute approximate surface area is 109 Å². The molecule has 0 amide bonds. The summed E-state index contributed by atoms with van der Waals surface area (Å²) in [5.74, 6) is 0.623. The van der Waals surface area contributed by atoms with E-state index in [1.54, 1.807) is 12.3 Å². The Morgan fingerprint density at radius 2 is 1.94 bits per heavy atom. The molecule has 0 aliphatic rings. The fraction of sp³-hybridized carbons (Fsp3) is 0.286. The Bertz CT molecular complexity index is 450. The van der Waals surface area contributed by atoms with Gasteiger partial charge < -0.3 is 9.52 Å². The number of hydrogen-bond donors (Lipinski definition) is 1. The van der Waals surface area contributed by atoms with Crippen LogP contribution in [0.1, 0.15) is 30.3 Å². The van der Waals surface area contributed by atoms with Crippen molar-refractivity contribution < 1.29 is 9.52 Å². The number of hydrogen-bond acceptors (Lipinski definition) is 2. The average Bonchev–Trinajstić information content (AvgIpc) is 2.77. The van der Waals surface area contributed by atoms with Gasteiger partial charge in [-0.2, -0.15) is 0 Å². The lowest BCUT2D eigenvalue weighted by Gasteiger charge is -2.08. The van der Waals surface area contributed by atoms with Crippen LogP contribution in [0.5, 0.6) is 0 Å². The van der Waals surface area contributed by atoms with Gasteiger partial charge in [0.2, 0.25) is 0 Å². The Kier molecular flexibility index (Phi) is 4.40. The number of rotatable bonds is 5. The molecule has 0 saturated carbocycles. The molecular formula is C14H15BrO2. The number of aryl methyl sites for hydroxylation is 1. The summed E-state index contributed by atoms with van der Waals surface area (Å²) in [5, 5.41) is 9.94. The molecule has 2 nitrogen and oxygen atoms in total. The Hall–Kier alpha value is -1.06. The van der Waals surface area contributed by atoms with Crippen LogP contribution in [0, 0.1) is 0 Å². The van der Waals surface area contributed by atoms with Crippen molar-refractivity contribution in [1.29, 1.82) is 0 Å². The molecule has 2 aromatic rings. The molecule has 0 radical (unpaired) electrons. The van der Waals surface area contributed by atoms with Gasteiger partial charge in [-0.1, -0.05) is 30.3 Å². The van der Waals surface area contributed by atoms with Gasteiger partial charge in [-0.3, -0.25) is 0 Å². The van der Waals surface area contributed by atoms with Gasteiger partial charge >= 0.3 is 0 Å². The number of halogens is 1. The van der Waals surface area contributed by atoms with E-state index >= 15 is 0 Å². The lowest BCUT2D eigenvalue weighted by atomic mass is 10.1. The van der Waals surface area contributed by atoms with E-state index < -0.39 is 6.10 Å². The third-order valence-electron chi connectivity index (χ3n) is 2.73. The van der Waals surface area contributed by atoms with Gasteiger partial charge in [-0.05, 0) is 46.8 Å². The van der Waals surface area contributed by atoms with Gasteiger partial charge in [0.05, 0.1) is 10.7 Å². The predicted octanol–water partition coefficient (Wildman–Crippen LogP) is 4.10. The van der Waals surface area contributed by atoms with Crippen LogP contribution < -0.4 is 0 Å². The van der Waals surface area contributed by atoms with Crippen molar-refractivity contribution in [2.24, 2.45) is 0 Å². The highest BCUT2D eigenvalue weighted by Crippen LogP contribution is 2.27. The first-order chi connectivity index (χ1) is 8.27. The average molecular weight is 295 g/mol. The molecule has 1 aromatic heterocycles. The summed E-state index contributed by atoms with van der Waals surface area (Å²) in [5.41, 5.74) is 1.30. The molecule has 1 N–H and O–H groups in total.